The molecule has 0 aliphatic heterocycles. The molecule has 0 amide bonds. The van der Waals surface area contributed by atoms with Crippen molar-refractivity contribution in [1.82, 2.24) is 19.5 Å². The number of rotatable bonds is 7. The fourth-order valence-electron chi connectivity index (χ4n) is 3.26. The Balaban J connectivity index is 1.88. The quantitative estimate of drug-likeness (QED) is 0.480. The fraction of sp³-hybridized carbons (Fsp3) is 0.190. The number of methoxy groups -OCH3 is 3. The van der Waals surface area contributed by atoms with Crippen molar-refractivity contribution in [2.45, 2.75) is 0 Å². The third kappa shape index (κ3) is 3.41. The van der Waals surface area contributed by atoms with Gasteiger partial charge in [0.2, 0.25) is 11.7 Å². The van der Waals surface area contributed by atoms with Crippen LogP contribution in [0, 0.1) is 0 Å². The highest BCUT2D eigenvalue weighted by molar-refractivity contribution is 5.84. The number of pyridine rings is 2. The van der Waals surface area contributed by atoms with Crippen LogP contribution in [0.25, 0.3) is 16.7 Å². The zero-order valence-corrected chi connectivity index (χ0v) is 17.1. The van der Waals surface area contributed by atoms with Crippen molar-refractivity contribution < 1.29 is 14.2 Å². The lowest BCUT2D eigenvalue weighted by Crippen LogP contribution is -2.04. The van der Waals surface area contributed by atoms with Gasteiger partial charge >= 0.3 is 0 Å². The Hall–Kier alpha value is -4.01. The van der Waals surface area contributed by atoms with Crippen molar-refractivity contribution in [2.24, 2.45) is 0 Å². The van der Waals surface area contributed by atoms with E-state index in [0.717, 1.165) is 22.4 Å². The predicted octanol–water partition coefficient (Wildman–Crippen LogP) is 3.63. The van der Waals surface area contributed by atoms with Gasteiger partial charge in [0.1, 0.15) is 11.3 Å². The Morgan fingerprint density at radius 1 is 0.933 bits per heavy atom. The molecule has 3 heterocycles. The number of nitrogens with zero attached hydrogens (tertiary/aromatic N) is 4. The van der Waals surface area contributed by atoms with Crippen LogP contribution < -0.4 is 24.8 Å². The second-order valence-corrected chi connectivity index (χ2v) is 6.32. The molecule has 2 N–H and O–H groups in total. The lowest BCUT2D eigenvalue weighted by Gasteiger charge is -2.16. The summed E-state index contributed by atoms with van der Waals surface area (Å²) in [5, 5.41) is 6.42. The highest BCUT2D eigenvalue weighted by Gasteiger charge is 2.18. The lowest BCUT2D eigenvalue weighted by molar-refractivity contribution is 0.324. The number of ether oxygens (including phenoxy) is 3. The Morgan fingerprint density at radius 2 is 1.63 bits per heavy atom. The minimum Gasteiger partial charge on any atom is -0.493 e. The highest BCUT2D eigenvalue weighted by atomic mass is 16.5. The maximum Gasteiger partial charge on any atom is 0.208 e. The molecule has 9 heteroatoms. The largest absolute Gasteiger partial charge is 0.493 e. The van der Waals surface area contributed by atoms with E-state index in [2.05, 4.69) is 25.6 Å². The highest BCUT2D eigenvalue weighted by Crippen LogP contribution is 2.40. The molecule has 154 valence electrons. The fourth-order valence-corrected chi connectivity index (χ4v) is 3.26. The molecule has 0 bridgehead atoms. The molecule has 0 aliphatic rings. The summed E-state index contributed by atoms with van der Waals surface area (Å²) in [5.41, 5.74) is 3.30. The summed E-state index contributed by atoms with van der Waals surface area (Å²) in [5.74, 6) is 2.98. The van der Waals surface area contributed by atoms with E-state index in [4.69, 9.17) is 14.2 Å². The van der Waals surface area contributed by atoms with Crippen LogP contribution in [-0.2, 0) is 0 Å². The number of anilines is 3. The summed E-state index contributed by atoms with van der Waals surface area (Å²) >= 11 is 0. The van der Waals surface area contributed by atoms with E-state index in [1.165, 1.54) is 0 Å². The van der Waals surface area contributed by atoms with Crippen molar-refractivity contribution in [2.75, 3.05) is 39.0 Å². The van der Waals surface area contributed by atoms with E-state index < -0.39 is 0 Å². The summed E-state index contributed by atoms with van der Waals surface area (Å²) in [7, 11) is 6.58. The van der Waals surface area contributed by atoms with Crippen LogP contribution in [0.1, 0.15) is 0 Å². The molecule has 0 radical (unpaired) electrons. The Morgan fingerprint density at radius 3 is 2.23 bits per heavy atom. The van der Waals surface area contributed by atoms with Gasteiger partial charge in [-0.15, -0.1) is 0 Å². The Labute approximate surface area is 173 Å². The van der Waals surface area contributed by atoms with Crippen molar-refractivity contribution in [3.05, 3.63) is 48.9 Å². The van der Waals surface area contributed by atoms with Crippen LogP contribution in [0.3, 0.4) is 0 Å². The minimum absolute atomic E-state index is 0.529. The maximum absolute atomic E-state index is 5.52. The van der Waals surface area contributed by atoms with Gasteiger partial charge in [-0.1, -0.05) is 0 Å². The summed E-state index contributed by atoms with van der Waals surface area (Å²) < 4.78 is 18.4. The molecule has 0 spiro atoms. The first-order valence-electron chi connectivity index (χ1n) is 9.22. The molecule has 0 saturated heterocycles. The third-order valence-corrected chi connectivity index (χ3v) is 4.62. The summed E-state index contributed by atoms with van der Waals surface area (Å²) in [6, 6.07) is 9.44. The van der Waals surface area contributed by atoms with E-state index in [1.54, 1.807) is 39.9 Å². The van der Waals surface area contributed by atoms with Gasteiger partial charge in [0.15, 0.2) is 11.5 Å². The molecule has 3 aromatic heterocycles. The minimum atomic E-state index is 0.529. The van der Waals surface area contributed by atoms with E-state index in [9.17, 15) is 0 Å². The van der Waals surface area contributed by atoms with Crippen LogP contribution >= 0.6 is 0 Å². The van der Waals surface area contributed by atoms with E-state index in [-0.39, 0.29) is 0 Å². The number of imidazole rings is 1. The molecule has 0 unspecified atom stereocenters. The Kier molecular flexibility index (Phi) is 5.25. The maximum atomic E-state index is 5.52. The molecule has 9 nitrogen and oxygen atoms in total. The number of aromatic nitrogens is 4. The summed E-state index contributed by atoms with van der Waals surface area (Å²) in [6.07, 6.45) is 5.18. The second-order valence-electron chi connectivity index (χ2n) is 6.32. The smallest absolute Gasteiger partial charge is 0.208 e. The number of hydrogen-bond donors (Lipinski definition) is 2. The zero-order chi connectivity index (χ0) is 21.1. The van der Waals surface area contributed by atoms with Crippen molar-refractivity contribution in [3.63, 3.8) is 0 Å². The van der Waals surface area contributed by atoms with E-state index in [1.807, 2.05) is 41.9 Å². The molecular weight excluding hydrogens is 384 g/mol. The van der Waals surface area contributed by atoms with Crippen molar-refractivity contribution >= 4 is 28.5 Å². The topological polar surface area (TPSA) is 95.4 Å². The molecule has 0 saturated carbocycles. The average molecular weight is 406 g/mol. The predicted molar refractivity (Wildman–Crippen MR) is 116 cm³/mol. The SMILES string of the molecule is CNc1nc2cnc(Nc3ccncc3)cc2n1-c1cc(OC)c(OC)c(OC)c1. The normalized spacial score (nSPS) is 10.7. The van der Waals surface area contributed by atoms with Gasteiger partial charge in [-0.3, -0.25) is 9.55 Å². The zero-order valence-electron chi connectivity index (χ0n) is 17.1. The number of benzene rings is 1. The first-order valence-corrected chi connectivity index (χ1v) is 9.22. The van der Waals surface area contributed by atoms with Gasteiger partial charge in [0, 0.05) is 43.3 Å². The van der Waals surface area contributed by atoms with Gasteiger partial charge in [0.25, 0.3) is 0 Å². The molecule has 4 rings (SSSR count). The van der Waals surface area contributed by atoms with Crippen LogP contribution in [-0.4, -0.2) is 47.9 Å². The number of nitrogens with one attached hydrogen (secondary N) is 2. The lowest BCUT2D eigenvalue weighted by atomic mass is 10.2. The number of hydrogen-bond acceptors (Lipinski definition) is 8. The average Bonchev–Trinajstić information content (AvgIpc) is 3.16. The van der Waals surface area contributed by atoms with Gasteiger partial charge < -0.3 is 24.8 Å². The molecule has 4 aromatic rings. The molecule has 0 aliphatic carbocycles. The van der Waals surface area contributed by atoms with Gasteiger partial charge in [-0.2, -0.15) is 0 Å². The van der Waals surface area contributed by atoms with Crippen molar-refractivity contribution in [1.29, 1.82) is 0 Å². The van der Waals surface area contributed by atoms with Gasteiger partial charge in [-0.05, 0) is 12.1 Å². The third-order valence-electron chi connectivity index (χ3n) is 4.62. The van der Waals surface area contributed by atoms with Gasteiger partial charge in [0.05, 0.1) is 38.7 Å². The molecular formula is C21H22N6O3. The molecule has 1 aromatic carbocycles. The monoisotopic (exact) mass is 406 g/mol. The second kappa shape index (κ2) is 8.16. The van der Waals surface area contributed by atoms with Crippen LogP contribution in [0.15, 0.2) is 48.9 Å². The Bertz CT molecular complexity index is 1150. The standard InChI is InChI=1S/C21H22N6O3/c1-22-21-26-15-12-24-19(25-13-5-7-23-8-6-13)11-16(15)27(21)14-9-17(28-2)20(30-4)18(10-14)29-3/h5-12H,1-4H3,(H,22,26)(H,23,24,25). The number of fused-ring (bicyclic) bond motifs is 1. The first-order chi connectivity index (χ1) is 14.7. The van der Waals surface area contributed by atoms with E-state index in [0.29, 0.717) is 29.0 Å². The van der Waals surface area contributed by atoms with Crippen LogP contribution in [0.4, 0.5) is 17.5 Å². The molecule has 0 fully saturated rings. The molecule has 30 heavy (non-hydrogen) atoms. The molecule has 0 atom stereocenters. The summed E-state index contributed by atoms with van der Waals surface area (Å²) in [6.45, 7) is 0. The first kappa shape index (κ1) is 19.3. The van der Waals surface area contributed by atoms with Crippen LogP contribution in [0.5, 0.6) is 17.2 Å². The van der Waals surface area contributed by atoms with E-state index >= 15 is 0 Å². The van der Waals surface area contributed by atoms with Gasteiger partial charge in [-0.25, -0.2) is 9.97 Å². The summed E-state index contributed by atoms with van der Waals surface area (Å²) in [4.78, 5) is 13.2. The van der Waals surface area contributed by atoms with Crippen LogP contribution in [0.2, 0.25) is 0 Å². The van der Waals surface area contributed by atoms with Crippen molar-refractivity contribution in [3.8, 4) is 22.9 Å².